The maximum Gasteiger partial charge on any atom is 0.315 e. The third-order valence-corrected chi connectivity index (χ3v) is 4.22. The molecule has 1 aliphatic carbocycles. The molecule has 1 saturated carbocycles. The molecule has 2 unspecified atom stereocenters. The van der Waals surface area contributed by atoms with Gasteiger partial charge >= 0.3 is 12.0 Å². The van der Waals surface area contributed by atoms with E-state index >= 15 is 0 Å². The first-order valence-corrected chi connectivity index (χ1v) is 7.54. The fourth-order valence-electron chi connectivity index (χ4n) is 2.18. The van der Waals surface area contributed by atoms with Crippen LogP contribution in [0.25, 0.3) is 0 Å². The molecule has 3 N–H and O–H groups in total. The second-order valence-corrected chi connectivity index (χ2v) is 6.06. The molecule has 0 aromatic heterocycles. The van der Waals surface area contributed by atoms with E-state index in [9.17, 15) is 9.59 Å². The third-order valence-electron chi connectivity index (χ3n) is 2.99. The van der Waals surface area contributed by atoms with E-state index in [1.165, 1.54) is 6.42 Å². The van der Waals surface area contributed by atoms with Gasteiger partial charge in [-0.3, -0.25) is 4.79 Å². The Balaban J connectivity index is 2.20. The van der Waals surface area contributed by atoms with Crippen molar-refractivity contribution in [3.8, 4) is 0 Å². The van der Waals surface area contributed by atoms with Crippen LogP contribution in [-0.2, 0) is 4.79 Å². The fourth-order valence-corrected chi connectivity index (χ4v) is 3.36. The molecule has 104 valence electrons. The Morgan fingerprint density at radius 1 is 1.39 bits per heavy atom. The number of thioether (sulfide) groups is 1. The number of nitrogens with one attached hydrogen (secondary N) is 2. The van der Waals surface area contributed by atoms with Gasteiger partial charge in [0.05, 0.1) is 6.42 Å². The van der Waals surface area contributed by atoms with Crippen molar-refractivity contribution in [2.24, 2.45) is 0 Å². The average Bonchev–Trinajstić information content (AvgIpc) is 2.29. The zero-order valence-electron chi connectivity index (χ0n) is 10.8. The van der Waals surface area contributed by atoms with Gasteiger partial charge in [-0.15, -0.1) is 0 Å². The van der Waals surface area contributed by atoms with Crippen molar-refractivity contribution >= 4 is 23.8 Å². The summed E-state index contributed by atoms with van der Waals surface area (Å²) in [6.45, 7) is 2.33. The maximum absolute atomic E-state index is 11.5. The molecule has 1 aliphatic rings. The summed E-state index contributed by atoms with van der Waals surface area (Å²) < 4.78 is 0. The number of carboxylic acid groups (broad SMARTS) is 1. The highest BCUT2D eigenvalue weighted by molar-refractivity contribution is 7.99. The molecule has 0 aromatic rings. The molecule has 5 nitrogen and oxygen atoms in total. The van der Waals surface area contributed by atoms with E-state index in [0.717, 1.165) is 25.0 Å². The molecular formula is C12H22N2O3S. The Bertz CT molecular complexity index is 284. The molecule has 0 aliphatic heterocycles. The summed E-state index contributed by atoms with van der Waals surface area (Å²) >= 11 is 1.96. The van der Waals surface area contributed by atoms with Gasteiger partial charge in [0.25, 0.3) is 0 Å². The maximum atomic E-state index is 11.5. The normalized spacial score (nSPS) is 23.4. The van der Waals surface area contributed by atoms with E-state index < -0.39 is 5.97 Å². The first kappa shape index (κ1) is 15.1. The lowest BCUT2D eigenvalue weighted by Gasteiger charge is -2.29. The molecule has 0 bridgehead atoms. The summed E-state index contributed by atoms with van der Waals surface area (Å²) in [6.07, 6.45) is 4.39. The van der Waals surface area contributed by atoms with Crippen molar-refractivity contribution in [2.75, 3.05) is 12.3 Å². The Hall–Kier alpha value is -0.910. The summed E-state index contributed by atoms with van der Waals surface area (Å²) in [7, 11) is 0. The van der Waals surface area contributed by atoms with E-state index in [0.29, 0.717) is 5.25 Å². The van der Waals surface area contributed by atoms with Gasteiger partial charge in [-0.2, -0.15) is 11.8 Å². The topological polar surface area (TPSA) is 78.4 Å². The standard InChI is InChI=1S/C12H22N2O3S/c1-2-18-10-5-3-4-9(8-10)14-12(17)13-7-6-11(15)16/h9-10H,2-8H2,1H3,(H,15,16)(H2,13,14,17). The second-order valence-electron chi connectivity index (χ2n) is 4.48. The minimum absolute atomic E-state index is 0.0353. The fraction of sp³-hybridized carbons (Fsp3) is 0.833. The number of hydrogen-bond donors (Lipinski definition) is 3. The molecule has 0 heterocycles. The molecule has 1 fully saturated rings. The van der Waals surface area contributed by atoms with Crippen LogP contribution in [0.5, 0.6) is 0 Å². The minimum atomic E-state index is -0.896. The Labute approximate surface area is 112 Å². The number of amides is 2. The Morgan fingerprint density at radius 2 is 2.17 bits per heavy atom. The van der Waals surface area contributed by atoms with Gasteiger partial charge in [0.2, 0.25) is 0 Å². The van der Waals surface area contributed by atoms with Gasteiger partial charge < -0.3 is 15.7 Å². The molecular weight excluding hydrogens is 252 g/mol. The molecule has 0 aromatic carbocycles. The van der Waals surface area contributed by atoms with Crippen molar-refractivity contribution < 1.29 is 14.7 Å². The number of carbonyl (C=O) groups is 2. The lowest BCUT2D eigenvalue weighted by atomic mass is 9.95. The molecule has 6 heteroatoms. The largest absolute Gasteiger partial charge is 0.481 e. The van der Waals surface area contributed by atoms with Crippen LogP contribution in [-0.4, -0.2) is 40.7 Å². The van der Waals surface area contributed by atoms with Crippen molar-refractivity contribution in [2.45, 2.75) is 50.3 Å². The van der Waals surface area contributed by atoms with Crippen LogP contribution in [0, 0.1) is 0 Å². The monoisotopic (exact) mass is 274 g/mol. The van der Waals surface area contributed by atoms with Gasteiger partial charge in [-0.25, -0.2) is 4.79 Å². The highest BCUT2D eigenvalue weighted by Gasteiger charge is 2.22. The number of aliphatic carboxylic acids is 1. The number of urea groups is 1. The van der Waals surface area contributed by atoms with Gasteiger partial charge in [0.15, 0.2) is 0 Å². The molecule has 0 saturated heterocycles. The summed E-state index contributed by atoms with van der Waals surface area (Å²) in [6, 6.07) is -0.0176. The molecule has 2 amide bonds. The second kappa shape index (κ2) is 8.24. The zero-order valence-corrected chi connectivity index (χ0v) is 11.6. The summed E-state index contributed by atoms with van der Waals surface area (Å²) in [5.41, 5.74) is 0. The van der Waals surface area contributed by atoms with Gasteiger partial charge in [-0.05, 0) is 25.0 Å². The highest BCUT2D eigenvalue weighted by Crippen LogP contribution is 2.28. The van der Waals surface area contributed by atoms with Crippen LogP contribution in [0.4, 0.5) is 4.79 Å². The Kier molecular flexibility index (Phi) is 6.93. The van der Waals surface area contributed by atoms with E-state index in [2.05, 4.69) is 17.6 Å². The van der Waals surface area contributed by atoms with Crippen LogP contribution < -0.4 is 10.6 Å². The van der Waals surface area contributed by atoms with Crippen LogP contribution in [0.15, 0.2) is 0 Å². The third kappa shape index (κ3) is 6.14. The number of carbonyl (C=O) groups excluding carboxylic acids is 1. The first-order valence-electron chi connectivity index (χ1n) is 6.49. The molecule has 1 rings (SSSR count). The summed E-state index contributed by atoms with van der Waals surface area (Å²) in [5, 5.41) is 14.6. The molecule has 0 radical (unpaired) electrons. The van der Waals surface area contributed by atoms with Gasteiger partial charge in [0, 0.05) is 17.8 Å². The van der Waals surface area contributed by atoms with Crippen LogP contribution in [0.3, 0.4) is 0 Å². The predicted octanol–water partition coefficient (Wildman–Crippen LogP) is 1.82. The Morgan fingerprint density at radius 3 is 2.83 bits per heavy atom. The number of carboxylic acids is 1. The van der Waals surface area contributed by atoms with Crippen LogP contribution in [0.1, 0.15) is 39.0 Å². The molecule has 2 atom stereocenters. The van der Waals surface area contributed by atoms with Crippen molar-refractivity contribution in [3.63, 3.8) is 0 Å². The quantitative estimate of drug-likeness (QED) is 0.690. The van der Waals surface area contributed by atoms with E-state index in [4.69, 9.17) is 5.11 Å². The molecule has 18 heavy (non-hydrogen) atoms. The predicted molar refractivity (Wildman–Crippen MR) is 73.0 cm³/mol. The van der Waals surface area contributed by atoms with Crippen molar-refractivity contribution in [1.82, 2.24) is 10.6 Å². The van der Waals surface area contributed by atoms with Gasteiger partial charge in [0.1, 0.15) is 0 Å². The SMILES string of the molecule is CCSC1CCCC(NC(=O)NCCC(=O)O)C1. The highest BCUT2D eigenvalue weighted by atomic mass is 32.2. The lowest BCUT2D eigenvalue weighted by molar-refractivity contribution is -0.136. The summed E-state index contributed by atoms with van der Waals surface area (Å²) in [4.78, 5) is 21.8. The van der Waals surface area contributed by atoms with E-state index in [1.54, 1.807) is 0 Å². The first-order chi connectivity index (χ1) is 8.61. The van der Waals surface area contributed by atoms with Gasteiger partial charge in [-0.1, -0.05) is 13.3 Å². The minimum Gasteiger partial charge on any atom is -0.481 e. The number of hydrogen-bond acceptors (Lipinski definition) is 3. The van der Waals surface area contributed by atoms with Crippen LogP contribution >= 0.6 is 11.8 Å². The zero-order chi connectivity index (χ0) is 13.4. The smallest absolute Gasteiger partial charge is 0.315 e. The molecule has 0 spiro atoms. The van der Waals surface area contributed by atoms with E-state index in [1.807, 2.05) is 11.8 Å². The van der Waals surface area contributed by atoms with Crippen LogP contribution in [0.2, 0.25) is 0 Å². The average molecular weight is 274 g/mol. The lowest BCUT2D eigenvalue weighted by Crippen LogP contribution is -2.45. The van der Waals surface area contributed by atoms with Crippen molar-refractivity contribution in [3.05, 3.63) is 0 Å². The van der Waals surface area contributed by atoms with Crippen molar-refractivity contribution in [1.29, 1.82) is 0 Å². The van der Waals surface area contributed by atoms with E-state index in [-0.39, 0.29) is 25.0 Å². The summed E-state index contributed by atoms with van der Waals surface area (Å²) in [5.74, 6) is 0.217. The number of rotatable bonds is 6.